The Morgan fingerprint density at radius 2 is 1.66 bits per heavy atom. The Kier molecular flexibility index (Phi) is 6.41. The van der Waals surface area contributed by atoms with Crippen LogP contribution in [-0.4, -0.2) is 33.9 Å². The Labute approximate surface area is 177 Å². The molecule has 1 fully saturated rings. The Balaban J connectivity index is 1.36. The molecule has 0 saturated heterocycles. The molecule has 0 bridgehead atoms. The predicted molar refractivity (Wildman–Crippen MR) is 120 cm³/mol. The summed E-state index contributed by atoms with van der Waals surface area (Å²) in [5, 5.41) is 11.5. The van der Waals surface area contributed by atoms with Gasteiger partial charge in [-0.25, -0.2) is 0 Å². The predicted octanol–water partition coefficient (Wildman–Crippen LogP) is 5.51. The minimum absolute atomic E-state index is 0.00857. The SMILES string of the molecule is O=C1C(c2ccccc2)=C2CCCCC2(O)N1CCCCCSc1ccccc1. The first-order valence-corrected chi connectivity index (χ1v) is 11.7. The number of fused-ring (bicyclic) bond motifs is 1. The average Bonchev–Trinajstić information content (AvgIpc) is 2.98. The normalized spacial score (nSPS) is 21.6. The number of carbonyl (C=O) groups is 1. The first kappa shape index (κ1) is 20.2. The van der Waals surface area contributed by atoms with Crippen LogP contribution in [0.3, 0.4) is 0 Å². The minimum atomic E-state index is -1.07. The van der Waals surface area contributed by atoms with E-state index >= 15 is 0 Å². The summed E-state index contributed by atoms with van der Waals surface area (Å²) >= 11 is 1.88. The third kappa shape index (κ3) is 4.29. The molecule has 1 heterocycles. The lowest BCUT2D eigenvalue weighted by molar-refractivity contribution is -0.144. The molecule has 1 N–H and O–H groups in total. The quantitative estimate of drug-likeness (QED) is 0.463. The van der Waals surface area contributed by atoms with Crippen LogP contribution in [0.25, 0.3) is 5.57 Å². The summed E-state index contributed by atoms with van der Waals surface area (Å²) < 4.78 is 0. The van der Waals surface area contributed by atoms with Gasteiger partial charge in [0.05, 0.1) is 5.57 Å². The molecular weight excluding hydrogens is 378 g/mol. The van der Waals surface area contributed by atoms with Crippen molar-refractivity contribution in [2.45, 2.75) is 55.6 Å². The standard InChI is InChI=1S/C25H29NO2S/c27-24-23(20-12-4-1-5-13-20)22-16-8-9-17-25(22,28)26(24)18-10-3-11-19-29-21-14-6-2-7-15-21/h1-2,4-7,12-15,28H,3,8-11,16-19H2. The van der Waals surface area contributed by atoms with Crippen molar-refractivity contribution in [1.82, 2.24) is 4.90 Å². The molecule has 4 rings (SSSR count). The molecule has 1 atom stereocenters. The number of unbranched alkanes of at least 4 members (excludes halogenated alkanes) is 2. The van der Waals surface area contributed by atoms with E-state index in [0.717, 1.165) is 61.0 Å². The second kappa shape index (κ2) is 9.19. The van der Waals surface area contributed by atoms with E-state index in [2.05, 4.69) is 24.3 Å². The summed E-state index contributed by atoms with van der Waals surface area (Å²) in [6, 6.07) is 20.3. The van der Waals surface area contributed by atoms with Crippen LogP contribution in [0.5, 0.6) is 0 Å². The smallest absolute Gasteiger partial charge is 0.257 e. The minimum Gasteiger partial charge on any atom is -0.367 e. The van der Waals surface area contributed by atoms with E-state index in [4.69, 9.17) is 0 Å². The first-order chi connectivity index (χ1) is 14.2. The molecular formula is C25H29NO2S. The van der Waals surface area contributed by atoms with E-state index < -0.39 is 5.72 Å². The largest absolute Gasteiger partial charge is 0.367 e. The molecule has 1 aliphatic heterocycles. The summed E-state index contributed by atoms with van der Waals surface area (Å²) in [6.45, 7) is 0.630. The summed E-state index contributed by atoms with van der Waals surface area (Å²) in [7, 11) is 0. The zero-order valence-electron chi connectivity index (χ0n) is 16.8. The lowest BCUT2D eigenvalue weighted by Crippen LogP contribution is -2.49. The number of benzene rings is 2. The number of amides is 1. The number of nitrogens with zero attached hydrogens (tertiary/aromatic N) is 1. The molecule has 0 radical (unpaired) electrons. The highest BCUT2D eigenvalue weighted by molar-refractivity contribution is 7.99. The first-order valence-electron chi connectivity index (χ1n) is 10.7. The van der Waals surface area contributed by atoms with Crippen molar-refractivity contribution in [2.24, 2.45) is 0 Å². The van der Waals surface area contributed by atoms with Gasteiger partial charge >= 0.3 is 0 Å². The zero-order valence-corrected chi connectivity index (χ0v) is 17.7. The van der Waals surface area contributed by atoms with E-state index in [1.54, 1.807) is 4.90 Å². The number of hydrogen-bond acceptors (Lipinski definition) is 3. The topological polar surface area (TPSA) is 40.5 Å². The average molecular weight is 408 g/mol. The fourth-order valence-corrected chi connectivity index (χ4v) is 5.46. The molecule has 0 aromatic heterocycles. The van der Waals surface area contributed by atoms with Gasteiger partial charge < -0.3 is 10.0 Å². The second-order valence-electron chi connectivity index (χ2n) is 7.92. The van der Waals surface area contributed by atoms with Crippen molar-refractivity contribution >= 4 is 23.2 Å². The number of aliphatic hydroxyl groups is 1. The zero-order chi connectivity index (χ0) is 20.1. The molecule has 2 aromatic rings. The van der Waals surface area contributed by atoms with Gasteiger partial charge in [-0.05, 0) is 67.5 Å². The van der Waals surface area contributed by atoms with E-state index in [0.29, 0.717) is 13.0 Å². The second-order valence-corrected chi connectivity index (χ2v) is 9.09. The van der Waals surface area contributed by atoms with E-state index in [1.165, 1.54) is 4.90 Å². The fraction of sp³-hybridized carbons (Fsp3) is 0.400. The molecule has 4 heteroatoms. The fourth-order valence-electron chi connectivity index (χ4n) is 4.52. The molecule has 1 aliphatic carbocycles. The van der Waals surface area contributed by atoms with Crippen LogP contribution in [0.1, 0.15) is 50.5 Å². The molecule has 152 valence electrons. The lowest BCUT2D eigenvalue weighted by Gasteiger charge is -2.39. The van der Waals surface area contributed by atoms with Crippen LogP contribution >= 0.6 is 11.8 Å². The highest BCUT2D eigenvalue weighted by Crippen LogP contribution is 2.46. The van der Waals surface area contributed by atoms with Crippen LogP contribution in [0.15, 0.2) is 71.1 Å². The maximum absolute atomic E-state index is 13.3. The van der Waals surface area contributed by atoms with Gasteiger partial charge in [0, 0.05) is 11.4 Å². The maximum Gasteiger partial charge on any atom is 0.257 e. The van der Waals surface area contributed by atoms with Gasteiger partial charge in [-0.3, -0.25) is 4.79 Å². The van der Waals surface area contributed by atoms with Crippen molar-refractivity contribution in [3.63, 3.8) is 0 Å². The summed E-state index contributed by atoms with van der Waals surface area (Å²) in [5.74, 6) is 1.09. The Hall–Kier alpha value is -2.04. The van der Waals surface area contributed by atoms with E-state index in [-0.39, 0.29) is 5.91 Å². The van der Waals surface area contributed by atoms with Crippen LogP contribution in [0, 0.1) is 0 Å². The van der Waals surface area contributed by atoms with Crippen molar-refractivity contribution in [2.75, 3.05) is 12.3 Å². The number of hydrogen-bond donors (Lipinski definition) is 1. The molecule has 1 amide bonds. The summed E-state index contributed by atoms with van der Waals surface area (Å²) in [5.41, 5.74) is 1.56. The molecule has 0 spiro atoms. The maximum atomic E-state index is 13.3. The highest BCUT2D eigenvalue weighted by atomic mass is 32.2. The number of rotatable bonds is 8. The Morgan fingerprint density at radius 1 is 0.931 bits per heavy atom. The molecule has 29 heavy (non-hydrogen) atoms. The lowest BCUT2D eigenvalue weighted by atomic mass is 9.84. The van der Waals surface area contributed by atoms with E-state index in [1.807, 2.05) is 48.2 Å². The van der Waals surface area contributed by atoms with Gasteiger partial charge in [0.25, 0.3) is 5.91 Å². The van der Waals surface area contributed by atoms with Crippen LogP contribution in [-0.2, 0) is 4.79 Å². The molecule has 1 saturated carbocycles. The van der Waals surface area contributed by atoms with Crippen molar-refractivity contribution in [3.8, 4) is 0 Å². The summed E-state index contributed by atoms with van der Waals surface area (Å²) in [4.78, 5) is 16.4. The summed E-state index contributed by atoms with van der Waals surface area (Å²) in [6.07, 6.45) is 6.61. The molecule has 2 aromatic carbocycles. The van der Waals surface area contributed by atoms with E-state index in [9.17, 15) is 9.90 Å². The van der Waals surface area contributed by atoms with Gasteiger partial charge in [-0.1, -0.05) is 55.0 Å². The van der Waals surface area contributed by atoms with Gasteiger partial charge in [0.2, 0.25) is 0 Å². The number of thioether (sulfide) groups is 1. The monoisotopic (exact) mass is 407 g/mol. The van der Waals surface area contributed by atoms with Gasteiger partial charge in [0.1, 0.15) is 0 Å². The van der Waals surface area contributed by atoms with Crippen LogP contribution in [0.2, 0.25) is 0 Å². The number of carbonyl (C=O) groups excluding carboxylic acids is 1. The molecule has 1 unspecified atom stereocenters. The van der Waals surface area contributed by atoms with Crippen molar-refractivity contribution in [1.29, 1.82) is 0 Å². The Bertz CT molecular complexity index is 865. The molecule has 3 nitrogen and oxygen atoms in total. The van der Waals surface area contributed by atoms with Gasteiger partial charge in [0.15, 0.2) is 5.72 Å². The third-order valence-corrected chi connectivity index (χ3v) is 7.09. The third-order valence-electron chi connectivity index (χ3n) is 5.99. The van der Waals surface area contributed by atoms with Crippen molar-refractivity contribution in [3.05, 3.63) is 71.8 Å². The highest BCUT2D eigenvalue weighted by Gasteiger charge is 2.50. The Morgan fingerprint density at radius 3 is 2.41 bits per heavy atom. The van der Waals surface area contributed by atoms with Crippen LogP contribution < -0.4 is 0 Å². The van der Waals surface area contributed by atoms with Gasteiger partial charge in [-0.2, -0.15) is 0 Å². The molecule has 2 aliphatic rings. The van der Waals surface area contributed by atoms with Gasteiger partial charge in [-0.15, -0.1) is 11.8 Å². The van der Waals surface area contributed by atoms with Crippen molar-refractivity contribution < 1.29 is 9.90 Å². The van der Waals surface area contributed by atoms with Crippen LogP contribution in [0.4, 0.5) is 0 Å².